The van der Waals surface area contributed by atoms with E-state index >= 15 is 0 Å². The maximum Gasteiger partial charge on any atom is 0.256 e. The number of aromatic nitrogens is 1. The van der Waals surface area contributed by atoms with Crippen molar-refractivity contribution in [3.63, 3.8) is 0 Å². The Morgan fingerprint density at radius 1 is 1.41 bits per heavy atom. The van der Waals surface area contributed by atoms with Gasteiger partial charge in [-0.3, -0.25) is 4.79 Å². The van der Waals surface area contributed by atoms with Gasteiger partial charge in [-0.1, -0.05) is 18.2 Å². The Hall–Kier alpha value is -1.77. The quantitative estimate of drug-likeness (QED) is 0.800. The van der Waals surface area contributed by atoms with E-state index in [0.29, 0.717) is 6.04 Å². The molecule has 0 saturated carbocycles. The molecule has 3 rings (SSSR count). The molecule has 1 amide bonds. The molecule has 0 aliphatic carbocycles. The Morgan fingerprint density at radius 2 is 2.24 bits per heavy atom. The Labute approximate surface area is 100 Å². The number of amides is 1. The Kier molecular flexibility index (Phi) is 2.39. The van der Waals surface area contributed by atoms with Gasteiger partial charge in [-0.05, 0) is 25.8 Å². The number of hydrogen-bond acceptors (Lipinski definition) is 1. The van der Waals surface area contributed by atoms with Gasteiger partial charge in [-0.15, -0.1) is 0 Å². The smallest absolute Gasteiger partial charge is 0.256 e. The molecule has 1 fully saturated rings. The first-order valence-corrected chi connectivity index (χ1v) is 6.14. The third-order valence-corrected chi connectivity index (χ3v) is 3.63. The summed E-state index contributed by atoms with van der Waals surface area (Å²) in [6.07, 6.45) is 4.07. The van der Waals surface area contributed by atoms with Crippen LogP contribution in [0.25, 0.3) is 10.9 Å². The van der Waals surface area contributed by atoms with Crippen molar-refractivity contribution in [3.05, 3.63) is 36.0 Å². The molecule has 0 bridgehead atoms. The summed E-state index contributed by atoms with van der Waals surface area (Å²) in [4.78, 5) is 17.6. The van der Waals surface area contributed by atoms with E-state index < -0.39 is 0 Å². The van der Waals surface area contributed by atoms with Crippen LogP contribution in [0.3, 0.4) is 0 Å². The summed E-state index contributed by atoms with van der Waals surface area (Å²) in [7, 11) is 0. The number of carbonyl (C=O) groups excluding carboxylic acids is 1. The van der Waals surface area contributed by atoms with Gasteiger partial charge in [-0.2, -0.15) is 0 Å². The molecule has 1 atom stereocenters. The van der Waals surface area contributed by atoms with E-state index in [1.54, 1.807) is 0 Å². The number of carbonyl (C=O) groups is 1. The minimum absolute atomic E-state index is 0.160. The molecule has 3 heteroatoms. The maximum absolute atomic E-state index is 12.4. The zero-order valence-electron chi connectivity index (χ0n) is 9.94. The third-order valence-electron chi connectivity index (χ3n) is 3.63. The average molecular weight is 228 g/mol. The second kappa shape index (κ2) is 3.91. The lowest BCUT2D eigenvalue weighted by Crippen LogP contribution is -2.33. The van der Waals surface area contributed by atoms with Crippen molar-refractivity contribution in [1.82, 2.24) is 9.88 Å². The van der Waals surface area contributed by atoms with E-state index in [0.717, 1.165) is 35.9 Å². The van der Waals surface area contributed by atoms with E-state index in [9.17, 15) is 4.79 Å². The molecule has 2 heterocycles. The third kappa shape index (κ3) is 1.62. The molecule has 1 aliphatic rings. The summed E-state index contributed by atoms with van der Waals surface area (Å²) < 4.78 is 0. The fraction of sp³-hybridized carbons (Fsp3) is 0.357. The first-order chi connectivity index (χ1) is 8.27. The van der Waals surface area contributed by atoms with Gasteiger partial charge in [0.25, 0.3) is 5.91 Å². The molecule has 1 aromatic heterocycles. The number of H-pyrrole nitrogens is 1. The van der Waals surface area contributed by atoms with Crippen molar-refractivity contribution in [2.45, 2.75) is 25.8 Å². The van der Waals surface area contributed by atoms with E-state index in [4.69, 9.17) is 0 Å². The SMILES string of the molecule is CC1CCCN1C(=O)c1c[nH]c2ccccc12. The molecule has 1 aromatic carbocycles. The van der Waals surface area contributed by atoms with E-state index in [-0.39, 0.29) is 5.91 Å². The number of para-hydroxylation sites is 1. The van der Waals surface area contributed by atoms with Crippen LogP contribution >= 0.6 is 0 Å². The molecular weight excluding hydrogens is 212 g/mol. The predicted molar refractivity (Wildman–Crippen MR) is 68.0 cm³/mol. The second-order valence-electron chi connectivity index (χ2n) is 4.74. The molecule has 1 unspecified atom stereocenters. The molecule has 3 nitrogen and oxygen atoms in total. The van der Waals surface area contributed by atoms with Gasteiger partial charge < -0.3 is 9.88 Å². The van der Waals surface area contributed by atoms with Crippen molar-refractivity contribution >= 4 is 16.8 Å². The lowest BCUT2D eigenvalue weighted by Gasteiger charge is -2.20. The number of fused-ring (bicyclic) bond motifs is 1. The fourth-order valence-electron chi connectivity index (χ4n) is 2.64. The van der Waals surface area contributed by atoms with Gasteiger partial charge in [0, 0.05) is 29.7 Å². The molecule has 1 saturated heterocycles. The Bertz CT molecular complexity index is 558. The lowest BCUT2D eigenvalue weighted by atomic mass is 10.1. The minimum Gasteiger partial charge on any atom is -0.360 e. The zero-order chi connectivity index (χ0) is 11.8. The highest BCUT2D eigenvalue weighted by Gasteiger charge is 2.27. The number of benzene rings is 1. The predicted octanol–water partition coefficient (Wildman–Crippen LogP) is 2.79. The second-order valence-corrected chi connectivity index (χ2v) is 4.74. The monoisotopic (exact) mass is 228 g/mol. The van der Waals surface area contributed by atoms with Crippen LogP contribution in [-0.4, -0.2) is 28.4 Å². The van der Waals surface area contributed by atoms with Crippen LogP contribution in [0, 0.1) is 0 Å². The fourth-order valence-corrected chi connectivity index (χ4v) is 2.64. The summed E-state index contributed by atoms with van der Waals surface area (Å²) >= 11 is 0. The molecule has 0 spiro atoms. The Balaban J connectivity index is 2.01. The largest absolute Gasteiger partial charge is 0.360 e. The van der Waals surface area contributed by atoms with Gasteiger partial charge in [-0.25, -0.2) is 0 Å². The van der Waals surface area contributed by atoms with Gasteiger partial charge in [0.1, 0.15) is 0 Å². The summed E-state index contributed by atoms with van der Waals surface area (Å²) in [5.41, 5.74) is 1.83. The first-order valence-electron chi connectivity index (χ1n) is 6.14. The number of aromatic amines is 1. The maximum atomic E-state index is 12.4. The Morgan fingerprint density at radius 3 is 3.00 bits per heavy atom. The highest BCUT2D eigenvalue weighted by atomic mass is 16.2. The van der Waals surface area contributed by atoms with Crippen LogP contribution in [0.15, 0.2) is 30.5 Å². The van der Waals surface area contributed by atoms with Crippen LogP contribution in [-0.2, 0) is 0 Å². The molecular formula is C14H16N2O. The average Bonchev–Trinajstić information content (AvgIpc) is 2.94. The zero-order valence-corrected chi connectivity index (χ0v) is 9.94. The lowest BCUT2D eigenvalue weighted by molar-refractivity contribution is 0.0749. The van der Waals surface area contributed by atoms with E-state index in [2.05, 4.69) is 11.9 Å². The normalized spacial score (nSPS) is 20.1. The topological polar surface area (TPSA) is 36.1 Å². The van der Waals surface area contributed by atoms with Crippen LogP contribution in [0.5, 0.6) is 0 Å². The number of nitrogens with zero attached hydrogens (tertiary/aromatic N) is 1. The summed E-state index contributed by atoms with van der Waals surface area (Å²) in [6, 6.07) is 8.32. The number of rotatable bonds is 1. The summed E-state index contributed by atoms with van der Waals surface area (Å²) in [6.45, 7) is 3.01. The number of likely N-dealkylation sites (tertiary alicyclic amines) is 1. The van der Waals surface area contributed by atoms with Crippen LogP contribution in [0.2, 0.25) is 0 Å². The van der Waals surface area contributed by atoms with E-state index in [1.165, 1.54) is 0 Å². The van der Waals surface area contributed by atoms with Crippen LogP contribution in [0.1, 0.15) is 30.1 Å². The molecule has 1 aliphatic heterocycles. The van der Waals surface area contributed by atoms with Crippen molar-refractivity contribution in [2.75, 3.05) is 6.54 Å². The van der Waals surface area contributed by atoms with Crippen LogP contribution in [0.4, 0.5) is 0 Å². The van der Waals surface area contributed by atoms with Crippen LogP contribution < -0.4 is 0 Å². The van der Waals surface area contributed by atoms with Crippen molar-refractivity contribution in [1.29, 1.82) is 0 Å². The highest BCUT2D eigenvalue weighted by Crippen LogP contribution is 2.24. The highest BCUT2D eigenvalue weighted by molar-refractivity contribution is 6.06. The van der Waals surface area contributed by atoms with Crippen molar-refractivity contribution in [2.24, 2.45) is 0 Å². The van der Waals surface area contributed by atoms with E-state index in [1.807, 2.05) is 35.4 Å². The summed E-state index contributed by atoms with van der Waals surface area (Å²) in [5, 5.41) is 1.02. The van der Waals surface area contributed by atoms with Gasteiger partial charge in [0.05, 0.1) is 5.56 Å². The molecule has 1 N–H and O–H groups in total. The first kappa shape index (κ1) is 10.4. The molecule has 88 valence electrons. The molecule has 17 heavy (non-hydrogen) atoms. The van der Waals surface area contributed by atoms with Gasteiger partial charge >= 0.3 is 0 Å². The number of hydrogen-bond donors (Lipinski definition) is 1. The summed E-state index contributed by atoms with van der Waals surface area (Å²) in [5.74, 6) is 0.160. The van der Waals surface area contributed by atoms with Gasteiger partial charge in [0.15, 0.2) is 0 Å². The van der Waals surface area contributed by atoms with Crippen molar-refractivity contribution in [3.8, 4) is 0 Å². The molecule has 0 radical (unpaired) electrons. The standard InChI is InChI=1S/C14H16N2O/c1-10-5-4-8-16(10)14(17)12-9-15-13-7-3-2-6-11(12)13/h2-3,6-7,9-10,15H,4-5,8H2,1H3. The van der Waals surface area contributed by atoms with Crippen molar-refractivity contribution < 1.29 is 4.79 Å². The number of nitrogens with one attached hydrogen (secondary N) is 1. The molecule has 2 aromatic rings. The minimum atomic E-state index is 0.160. The van der Waals surface area contributed by atoms with Gasteiger partial charge in [0.2, 0.25) is 0 Å².